The highest BCUT2D eigenvalue weighted by atomic mass is 16.4. The molecule has 140 valence electrons. The third-order valence-electron chi connectivity index (χ3n) is 5.78. The lowest BCUT2D eigenvalue weighted by molar-refractivity contribution is -0.201. The Morgan fingerprint density at radius 1 is 1.15 bits per heavy atom. The minimum absolute atomic E-state index is 0.127. The van der Waals surface area contributed by atoms with E-state index in [2.05, 4.69) is 0 Å². The monoisotopic (exact) mass is 371 g/mol. The summed E-state index contributed by atoms with van der Waals surface area (Å²) in [6.45, 7) is 0. The lowest BCUT2D eigenvalue weighted by Gasteiger charge is -2.51. The van der Waals surface area contributed by atoms with Crippen molar-refractivity contribution < 1.29 is 34.8 Å². The predicted molar refractivity (Wildman–Crippen MR) is 90.9 cm³/mol. The lowest BCUT2D eigenvalue weighted by Crippen LogP contribution is -2.70. The van der Waals surface area contributed by atoms with Gasteiger partial charge in [0.2, 0.25) is 0 Å². The van der Waals surface area contributed by atoms with Crippen molar-refractivity contribution in [1.82, 2.24) is 0 Å². The fourth-order valence-electron chi connectivity index (χ4n) is 4.41. The van der Waals surface area contributed by atoms with Crippen molar-refractivity contribution in [2.24, 2.45) is 17.6 Å². The third-order valence-corrected chi connectivity index (χ3v) is 5.78. The van der Waals surface area contributed by atoms with Crippen molar-refractivity contribution >= 4 is 23.5 Å². The van der Waals surface area contributed by atoms with E-state index in [4.69, 9.17) is 5.73 Å². The van der Waals surface area contributed by atoms with Gasteiger partial charge in [-0.1, -0.05) is 24.3 Å². The molecular formula is C19H17NO7. The molecule has 0 radical (unpaired) electrons. The summed E-state index contributed by atoms with van der Waals surface area (Å²) in [4.78, 5) is 37.3. The van der Waals surface area contributed by atoms with Gasteiger partial charge in [-0.3, -0.25) is 14.4 Å². The number of carbonyl (C=O) groups excluding carboxylic acids is 3. The van der Waals surface area contributed by atoms with Crippen LogP contribution in [0.1, 0.15) is 11.1 Å². The van der Waals surface area contributed by atoms with E-state index >= 15 is 0 Å². The van der Waals surface area contributed by atoms with E-state index in [9.17, 15) is 34.8 Å². The third kappa shape index (κ3) is 2.11. The van der Waals surface area contributed by atoms with Gasteiger partial charge in [0, 0.05) is 11.5 Å². The van der Waals surface area contributed by atoms with Crippen LogP contribution in [-0.2, 0) is 20.8 Å². The van der Waals surface area contributed by atoms with E-state index in [0.717, 1.165) is 11.1 Å². The summed E-state index contributed by atoms with van der Waals surface area (Å²) in [6.07, 6.45) is -2.19. The Bertz CT molecular complexity index is 963. The number of hydrogen-bond donors (Lipinski definition) is 5. The molecule has 4 rings (SSSR count). The van der Waals surface area contributed by atoms with Gasteiger partial charge in [0.15, 0.2) is 11.6 Å². The number of fused-ring (bicyclic) bond motifs is 3. The van der Waals surface area contributed by atoms with Crippen LogP contribution in [0.3, 0.4) is 0 Å². The lowest BCUT2D eigenvalue weighted by atomic mass is 9.56. The Kier molecular flexibility index (Phi) is 3.64. The maximum Gasteiger partial charge on any atom is 0.255 e. The molecule has 5 unspecified atom stereocenters. The van der Waals surface area contributed by atoms with Crippen LogP contribution in [0.15, 0.2) is 41.2 Å². The normalized spacial score (nSPS) is 35.1. The number of aliphatic hydroxyl groups is 4. The zero-order valence-corrected chi connectivity index (χ0v) is 14.0. The Hall–Kier alpha value is -2.81. The van der Waals surface area contributed by atoms with Crippen molar-refractivity contribution in [3.63, 3.8) is 0 Å². The molecule has 0 saturated heterocycles. The highest BCUT2D eigenvalue weighted by molar-refractivity contribution is 6.29. The second-order valence-electron chi connectivity index (χ2n) is 7.13. The molecule has 1 amide bonds. The van der Waals surface area contributed by atoms with E-state index in [1.807, 2.05) is 0 Å². The van der Waals surface area contributed by atoms with Crippen LogP contribution in [-0.4, -0.2) is 55.7 Å². The maximum atomic E-state index is 13.1. The number of rotatable bonds is 1. The van der Waals surface area contributed by atoms with Crippen LogP contribution in [0.2, 0.25) is 0 Å². The summed E-state index contributed by atoms with van der Waals surface area (Å²) < 4.78 is 0. The van der Waals surface area contributed by atoms with Gasteiger partial charge in [-0.2, -0.15) is 0 Å². The van der Waals surface area contributed by atoms with Gasteiger partial charge in [-0.15, -0.1) is 0 Å². The number of ketones is 2. The van der Waals surface area contributed by atoms with Crippen LogP contribution in [0.4, 0.5) is 0 Å². The topological polar surface area (TPSA) is 158 Å². The van der Waals surface area contributed by atoms with Crippen molar-refractivity contribution in [2.75, 3.05) is 0 Å². The smallest absolute Gasteiger partial charge is 0.255 e. The first-order chi connectivity index (χ1) is 12.7. The standard InChI is InChI=1S/C19H17NO7/c20-18(26)11-14(22)12-13(21)9-5-7-3-1-2-4-8(7)6-10(9)16(24)19(12,27)17(25)15(11)23/h1-5,10,12,16-17,23-25,27H,6H2,(H2,20,26). The number of benzene rings is 1. The summed E-state index contributed by atoms with van der Waals surface area (Å²) in [6, 6.07) is 7.15. The van der Waals surface area contributed by atoms with E-state index in [1.54, 1.807) is 24.3 Å². The molecular weight excluding hydrogens is 354 g/mol. The second-order valence-corrected chi connectivity index (χ2v) is 7.13. The predicted octanol–water partition coefficient (Wildman–Crippen LogP) is -1.23. The quantitative estimate of drug-likeness (QED) is 0.305. The number of nitrogens with two attached hydrogens (primary N) is 1. The number of carbonyl (C=O) groups is 3. The van der Waals surface area contributed by atoms with Crippen LogP contribution in [0.5, 0.6) is 0 Å². The fourth-order valence-corrected chi connectivity index (χ4v) is 4.41. The number of aliphatic hydroxyl groups excluding tert-OH is 3. The number of Topliss-reactive ketones (excluding diaryl/α,β-unsaturated/α-hetero) is 2. The first-order valence-electron chi connectivity index (χ1n) is 8.39. The molecule has 3 aliphatic rings. The minimum atomic E-state index is -2.66. The Morgan fingerprint density at radius 3 is 2.48 bits per heavy atom. The van der Waals surface area contributed by atoms with Gasteiger partial charge in [0.1, 0.15) is 29.0 Å². The minimum Gasteiger partial charge on any atom is -0.508 e. The van der Waals surface area contributed by atoms with Crippen molar-refractivity contribution in [3.8, 4) is 0 Å². The van der Waals surface area contributed by atoms with E-state index in [-0.39, 0.29) is 12.0 Å². The molecule has 0 aromatic heterocycles. The van der Waals surface area contributed by atoms with E-state index in [0.29, 0.717) is 0 Å². The molecule has 0 aliphatic heterocycles. The van der Waals surface area contributed by atoms with Gasteiger partial charge >= 0.3 is 0 Å². The average molecular weight is 371 g/mol. The Labute approximate surface area is 153 Å². The van der Waals surface area contributed by atoms with Crippen LogP contribution < -0.4 is 5.73 Å². The molecule has 0 spiro atoms. The van der Waals surface area contributed by atoms with Crippen molar-refractivity contribution in [1.29, 1.82) is 0 Å². The summed E-state index contributed by atoms with van der Waals surface area (Å²) in [7, 11) is 0. The van der Waals surface area contributed by atoms with Crippen LogP contribution in [0, 0.1) is 11.8 Å². The number of amides is 1. The fraction of sp³-hybridized carbons (Fsp3) is 0.316. The molecule has 1 aromatic carbocycles. The Balaban J connectivity index is 1.92. The van der Waals surface area contributed by atoms with Crippen molar-refractivity contribution in [3.05, 3.63) is 52.3 Å². The van der Waals surface area contributed by atoms with Gasteiger partial charge in [0.05, 0.1) is 6.10 Å². The molecule has 8 nitrogen and oxygen atoms in total. The first-order valence-corrected chi connectivity index (χ1v) is 8.39. The molecule has 6 N–H and O–H groups in total. The average Bonchev–Trinajstić information content (AvgIpc) is 2.63. The van der Waals surface area contributed by atoms with Gasteiger partial charge < -0.3 is 26.2 Å². The zero-order valence-electron chi connectivity index (χ0n) is 14.0. The molecule has 0 bridgehead atoms. The molecule has 5 atom stereocenters. The molecule has 1 fully saturated rings. The SMILES string of the molecule is NC(=O)C1=C(O)C(O)C2(O)C(C(=O)C3=Cc4ccccc4CC3C2O)C1=O. The van der Waals surface area contributed by atoms with Gasteiger partial charge in [-0.25, -0.2) is 0 Å². The van der Waals surface area contributed by atoms with Crippen molar-refractivity contribution in [2.45, 2.75) is 24.2 Å². The summed E-state index contributed by atoms with van der Waals surface area (Å²) in [5.74, 6) is -7.30. The molecule has 27 heavy (non-hydrogen) atoms. The summed E-state index contributed by atoms with van der Waals surface area (Å²) in [5, 5.41) is 42.3. The van der Waals surface area contributed by atoms with Gasteiger partial charge in [-0.05, 0) is 23.6 Å². The first kappa shape index (κ1) is 17.6. The van der Waals surface area contributed by atoms with E-state index in [1.165, 1.54) is 6.08 Å². The molecule has 0 heterocycles. The van der Waals surface area contributed by atoms with E-state index < -0.39 is 58.5 Å². The highest BCUT2D eigenvalue weighted by Crippen LogP contribution is 2.49. The Morgan fingerprint density at radius 2 is 1.81 bits per heavy atom. The number of primary amides is 1. The number of hydrogen-bond acceptors (Lipinski definition) is 7. The molecule has 8 heteroatoms. The zero-order chi connectivity index (χ0) is 19.7. The molecule has 1 aromatic rings. The van der Waals surface area contributed by atoms with Crippen LogP contribution in [0.25, 0.3) is 6.08 Å². The summed E-state index contributed by atoms with van der Waals surface area (Å²) >= 11 is 0. The van der Waals surface area contributed by atoms with Crippen LogP contribution >= 0.6 is 0 Å². The summed E-state index contributed by atoms with van der Waals surface area (Å²) in [5.41, 5.74) is 3.19. The van der Waals surface area contributed by atoms with Gasteiger partial charge in [0.25, 0.3) is 5.91 Å². The molecule has 3 aliphatic carbocycles. The second kappa shape index (κ2) is 5.59. The largest absolute Gasteiger partial charge is 0.508 e. The highest BCUT2D eigenvalue weighted by Gasteiger charge is 2.66. The molecule has 1 saturated carbocycles. The maximum absolute atomic E-state index is 13.1.